The van der Waals surface area contributed by atoms with E-state index in [1.165, 1.54) is 25.7 Å². The number of carbonyl (C=O) groups excluding carboxylic acids is 2. The highest BCUT2D eigenvalue weighted by Gasteiger charge is 2.66. The van der Waals surface area contributed by atoms with Gasteiger partial charge in [-0.15, -0.1) is 13.2 Å². The molecule has 16 atom stereocenters. The van der Waals surface area contributed by atoms with Crippen molar-refractivity contribution in [1.29, 1.82) is 0 Å². The van der Waals surface area contributed by atoms with E-state index in [2.05, 4.69) is 64.5 Å². The Balaban J connectivity index is 0.880. The highest BCUT2D eigenvalue weighted by molar-refractivity contribution is 5.71. The van der Waals surface area contributed by atoms with E-state index >= 15 is 0 Å². The summed E-state index contributed by atoms with van der Waals surface area (Å²) >= 11 is 0. The van der Waals surface area contributed by atoms with Crippen LogP contribution in [-0.4, -0.2) is 45.6 Å². The van der Waals surface area contributed by atoms with E-state index in [1.807, 2.05) is 24.3 Å². The number of hydrogen-bond donors (Lipinski definition) is 2. The summed E-state index contributed by atoms with van der Waals surface area (Å²) in [7, 11) is 0. The Labute approximate surface area is 372 Å². The lowest BCUT2D eigenvalue weighted by atomic mass is 9.44. The van der Waals surface area contributed by atoms with Crippen molar-refractivity contribution in [2.45, 2.75) is 180 Å². The minimum atomic E-state index is -1.06. The van der Waals surface area contributed by atoms with Crippen LogP contribution in [0.5, 0.6) is 0 Å². The van der Waals surface area contributed by atoms with E-state index < -0.39 is 11.2 Å². The zero-order valence-electron chi connectivity index (χ0n) is 38.3. The van der Waals surface area contributed by atoms with Gasteiger partial charge in [0.2, 0.25) is 0 Å². The molecule has 0 aromatic heterocycles. The Bertz CT molecular complexity index is 1920. The Kier molecular flexibility index (Phi) is 11.5. The predicted octanol–water partition coefficient (Wildman–Crippen LogP) is 10.9. The molecule has 0 heterocycles. The number of carbonyl (C=O) groups is 2. The van der Waals surface area contributed by atoms with E-state index in [1.54, 1.807) is 12.2 Å². The number of aliphatic hydroxyl groups is 2. The molecular weight excluding hydrogens is 769 g/mol. The number of esters is 2. The van der Waals surface area contributed by atoms with E-state index in [4.69, 9.17) is 9.47 Å². The smallest absolute Gasteiger partial charge is 0.309 e. The molecule has 62 heavy (non-hydrogen) atoms. The second-order valence-corrected chi connectivity index (χ2v) is 22.8. The molecule has 8 saturated carbocycles. The largest absolute Gasteiger partial charge is 0.462 e. The zero-order valence-corrected chi connectivity index (χ0v) is 38.3. The second-order valence-electron chi connectivity index (χ2n) is 22.8. The molecule has 2 N–H and O–H groups in total. The van der Waals surface area contributed by atoms with Crippen LogP contribution < -0.4 is 0 Å². The van der Waals surface area contributed by atoms with Gasteiger partial charge in [0, 0.05) is 22.0 Å². The summed E-state index contributed by atoms with van der Waals surface area (Å²) in [5.41, 5.74) is -0.505. The average molecular weight is 843 g/mol. The molecule has 1 aromatic rings. The summed E-state index contributed by atoms with van der Waals surface area (Å²) in [6.07, 6.45) is 22.2. The summed E-state index contributed by atoms with van der Waals surface area (Å²) in [6, 6.07) is 8.08. The maximum atomic E-state index is 12.6. The molecule has 0 amide bonds. The van der Waals surface area contributed by atoms with Crippen LogP contribution in [0.3, 0.4) is 0 Å². The molecule has 6 heteroatoms. The first-order valence-electron chi connectivity index (χ1n) is 24.8. The summed E-state index contributed by atoms with van der Waals surface area (Å²) in [5, 5.41) is 25.2. The van der Waals surface area contributed by atoms with Crippen molar-refractivity contribution in [2.24, 2.45) is 69.0 Å². The lowest BCUT2D eigenvalue weighted by molar-refractivity contribution is -0.165. The lowest BCUT2D eigenvalue weighted by Gasteiger charge is -2.61. The van der Waals surface area contributed by atoms with Crippen LogP contribution >= 0.6 is 0 Å². The van der Waals surface area contributed by atoms with Gasteiger partial charge in [-0.05, 0) is 186 Å². The number of ether oxygens (including phenoxy) is 2. The van der Waals surface area contributed by atoms with E-state index in [-0.39, 0.29) is 58.6 Å². The van der Waals surface area contributed by atoms with Crippen molar-refractivity contribution in [3.8, 4) is 23.7 Å². The Morgan fingerprint density at radius 3 is 1.40 bits per heavy atom. The van der Waals surface area contributed by atoms with E-state index in [0.29, 0.717) is 60.2 Å². The van der Waals surface area contributed by atoms with Crippen LogP contribution in [0.4, 0.5) is 0 Å². The Hall–Kier alpha value is -3.32. The van der Waals surface area contributed by atoms with Crippen LogP contribution in [0.2, 0.25) is 0 Å². The minimum absolute atomic E-state index is 0.0236. The topological polar surface area (TPSA) is 93.1 Å². The monoisotopic (exact) mass is 843 g/mol. The van der Waals surface area contributed by atoms with Gasteiger partial charge in [0.15, 0.2) is 0 Å². The number of rotatable bonds is 6. The van der Waals surface area contributed by atoms with Gasteiger partial charge in [0.25, 0.3) is 0 Å². The molecule has 0 radical (unpaired) electrons. The maximum Gasteiger partial charge on any atom is 0.309 e. The normalized spacial score (nSPS) is 46.2. The molecule has 9 rings (SSSR count). The second kappa shape index (κ2) is 16.3. The number of benzene rings is 1. The Morgan fingerprint density at radius 1 is 0.597 bits per heavy atom. The molecule has 334 valence electrons. The third-order valence-corrected chi connectivity index (χ3v) is 20.5. The highest BCUT2D eigenvalue weighted by Crippen LogP contribution is 2.70. The van der Waals surface area contributed by atoms with Gasteiger partial charge in [-0.2, -0.15) is 0 Å². The first-order chi connectivity index (χ1) is 29.6. The van der Waals surface area contributed by atoms with Gasteiger partial charge in [0.05, 0.1) is 12.8 Å². The summed E-state index contributed by atoms with van der Waals surface area (Å²) < 4.78 is 11.8. The molecule has 0 saturated heterocycles. The summed E-state index contributed by atoms with van der Waals surface area (Å²) in [5.74, 6) is 18.1. The molecule has 6 nitrogen and oxygen atoms in total. The molecular formula is C56H74O6. The van der Waals surface area contributed by atoms with Gasteiger partial charge >= 0.3 is 11.9 Å². The van der Waals surface area contributed by atoms with Gasteiger partial charge in [-0.3, -0.25) is 9.59 Å². The van der Waals surface area contributed by atoms with Crippen molar-refractivity contribution in [3.05, 3.63) is 60.7 Å². The fourth-order valence-corrected chi connectivity index (χ4v) is 16.8. The third-order valence-electron chi connectivity index (χ3n) is 20.5. The zero-order chi connectivity index (χ0) is 43.7. The van der Waals surface area contributed by atoms with Crippen LogP contribution in [0.1, 0.15) is 167 Å². The number of hydrogen-bond acceptors (Lipinski definition) is 6. The molecule has 8 aliphatic carbocycles. The SMILES string of the molecule is C=CCC(=O)O[C@@H]1CC[C@@]2(C)[C@@H](CC[C@@H]3[C@@H]2CC[C@@]2(C)[C@H]3CC[C@@]2(O)C#Cc2ccccc2C#C[C@]2(O)CC[C@H]3[C@@H]4CC[C@H]5C[C@H](OC(=O)CC=C)CC[C@]5(C)[C@H]4CC[C@@]32C)C1. The average Bonchev–Trinajstić information content (AvgIpc) is 3.68. The minimum Gasteiger partial charge on any atom is -0.462 e. The third kappa shape index (κ3) is 7.07. The molecule has 8 fully saturated rings. The van der Waals surface area contributed by atoms with Gasteiger partial charge in [-0.1, -0.05) is 75.7 Å². The fraction of sp³-hybridized carbons (Fsp3) is 0.714. The number of fused-ring (bicyclic) bond motifs is 10. The van der Waals surface area contributed by atoms with E-state index in [9.17, 15) is 19.8 Å². The first kappa shape index (κ1) is 43.9. The summed E-state index contributed by atoms with van der Waals surface area (Å²) in [4.78, 5) is 24.6. The molecule has 0 bridgehead atoms. The lowest BCUT2D eigenvalue weighted by Crippen LogP contribution is -2.56. The quantitative estimate of drug-likeness (QED) is 0.168. The van der Waals surface area contributed by atoms with Crippen molar-refractivity contribution < 1.29 is 29.3 Å². The van der Waals surface area contributed by atoms with E-state index in [0.717, 1.165) is 88.2 Å². The van der Waals surface area contributed by atoms with Crippen LogP contribution in [0.25, 0.3) is 0 Å². The molecule has 1 aromatic carbocycles. The maximum absolute atomic E-state index is 12.6. The molecule has 8 aliphatic rings. The Morgan fingerprint density at radius 2 is 1.00 bits per heavy atom. The molecule has 0 unspecified atom stereocenters. The standard InChI is InChI=1S/C56H74O6/c1-7-11-49(57)61-41-21-27-51(3)39(35-41)15-17-43-45(51)23-29-53(5)47(43)25-33-55(53,59)31-19-37-13-9-10-14-38(37)20-32-56(60)34-26-48-44-18-16-40-36-42(62-50(58)12-8-2)22-28-52(40,4)46(44)24-30-54(48,56)6/h7-10,13-14,39-48,59-60H,1-2,11-12,15-18,21-30,33-36H2,3-6H3/t39-,40-,41+,42+,43+,44+,45-,46-,47-,48-,51-,52-,53-,54-,55-,56-/m0/s1. The van der Waals surface area contributed by atoms with Crippen molar-refractivity contribution in [2.75, 3.05) is 0 Å². The fourth-order valence-electron chi connectivity index (χ4n) is 16.8. The first-order valence-corrected chi connectivity index (χ1v) is 24.8. The molecule has 0 aliphatic heterocycles. The van der Waals surface area contributed by atoms with Crippen molar-refractivity contribution >= 4 is 11.9 Å². The highest BCUT2D eigenvalue weighted by atomic mass is 16.5. The van der Waals surface area contributed by atoms with Crippen molar-refractivity contribution in [1.82, 2.24) is 0 Å². The van der Waals surface area contributed by atoms with Crippen LogP contribution in [-0.2, 0) is 19.1 Å². The van der Waals surface area contributed by atoms with Gasteiger partial charge < -0.3 is 19.7 Å². The summed E-state index contributed by atoms with van der Waals surface area (Å²) in [6.45, 7) is 17.1. The predicted molar refractivity (Wildman–Crippen MR) is 243 cm³/mol. The van der Waals surface area contributed by atoms with Crippen molar-refractivity contribution in [3.63, 3.8) is 0 Å². The van der Waals surface area contributed by atoms with Gasteiger partial charge in [0.1, 0.15) is 23.4 Å². The van der Waals surface area contributed by atoms with Crippen LogP contribution in [0, 0.1) is 92.7 Å². The van der Waals surface area contributed by atoms with Gasteiger partial charge in [-0.25, -0.2) is 0 Å². The molecule has 0 spiro atoms. The van der Waals surface area contributed by atoms with Crippen LogP contribution in [0.15, 0.2) is 49.6 Å².